The van der Waals surface area contributed by atoms with Gasteiger partial charge < -0.3 is 16.0 Å². The topological polar surface area (TPSA) is 58.4 Å². The van der Waals surface area contributed by atoms with E-state index in [0.29, 0.717) is 12.2 Å². The standard InChI is InChI=1S/C19H21N3O/c20-15-6-7-16-17(12-15)22(13-14-4-2-1-3-5-14)18(23)19(16)8-10-21-11-9-19/h1-7,12,21H,8-11,13,20H2. The molecule has 2 aromatic carbocycles. The second-order valence-electron chi connectivity index (χ2n) is 6.49. The van der Waals surface area contributed by atoms with Crippen LogP contribution in [0.25, 0.3) is 0 Å². The van der Waals surface area contributed by atoms with Crippen molar-refractivity contribution in [1.82, 2.24) is 5.32 Å². The van der Waals surface area contributed by atoms with E-state index in [1.165, 1.54) is 0 Å². The van der Waals surface area contributed by atoms with Crippen LogP contribution in [0.5, 0.6) is 0 Å². The number of hydrogen-bond acceptors (Lipinski definition) is 3. The molecule has 4 nitrogen and oxygen atoms in total. The molecule has 0 radical (unpaired) electrons. The molecule has 118 valence electrons. The molecule has 0 aromatic heterocycles. The van der Waals surface area contributed by atoms with Crippen LogP contribution >= 0.6 is 0 Å². The fourth-order valence-electron chi connectivity index (χ4n) is 3.92. The number of piperidine rings is 1. The van der Waals surface area contributed by atoms with E-state index in [9.17, 15) is 4.79 Å². The molecule has 23 heavy (non-hydrogen) atoms. The summed E-state index contributed by atoms with van der Waals surface area (Å²) in [6, 6.07) is 16.1. The molecule has 1 amide bonds. The first kappa shape index (κ1) is 14.3. The Morgan fingerprint density at radius 3 is 2.57 bits per heavy atom. The second-order valence-corrected chi connectivity index (χ2v) is 6.49. The number of carbonyl (C=O) groups excluding carboxylic acids is 1. The second kappa shape index (κ2) is 5.39. The van der Waals surface area contributed by atoms with Crippen LogP contribution in [-0.2, 0) is 16.8 Å². The van der Waals surface area contributed by atoms with E-state index in [0.717, 1.165) is 42.7 Å². The van der Waals surface area contributed by atoms with Gasteiger partial charge in [0.15, 0.2) is 0 Å². The van der Waals surface area contributed by atoms with Crippen LogP contribution in [-0.4, -0.2) is 19.0 Å². The summed E-state index contributed by atoms with van der Waals surface area (Å²) in [6.45, 7) is 2.37. The molecule has 1 spiro atoms. The zero-order valence-corrected chi connectivity index (χ0v) is 13.1. The summed E-state index contributed by atoms with van der Waals surface area (Å²) < 4.78 is 0. The Hall–Kier alpha value is -2.33. The molecule has 1 fully saturated rings. The predicted octanol–water partition coefficient (Wildman–Crippen LogP) is 2.44. The summed E-state index contributed by atoms with van der Waals surface area (Å²) in [5.74, 6) is 0.225. The molecule has 2 aliphatic rings. The molecule has 0 aliphatic carbocycles. The van der Waals surface area contributed by atoms with Crippen molar-refractivity contribution in [2.24, 2.45) is 0 Å². The lowest BCUT2D eigenvalue weighted by molar-refractivity contribution is -0.124. The summed E-state index contributed by atoms with van der Waals surface area (Å²) in [6.07, 6.45) is 1.71. The van der Waals surface area contributed by atoms with E-state index in [1.54, 1.807) is 0 Å². The van der Waals surface area contributed by atoms with Crippen molar-refractivity contribution < 1.29 is 4.79 Å². The highest BCUT2D eigenvalue weighted by Crippen LogP contribution is 2.48. The van der Waals surface area contributed by atoms with Crippen LogP contribution in [0.15, 0.2) is 48.5 Å². The zero-order chi connectivity index (χ0) is 15.9. The first-order chi connectivity index (χ1) is 11.2. The third kappa shape index (κ3) is 2.21. The van der Waals surface area contributed by atoms with Gasteiger partial charge in [-0.15, -0.1) is 0 Å². The Bertz CT molecular complexity index is 736. The van der Waals surface area contributed by atoms with Gasteiger partial charge in [-0.1, -0.05) is 36.4 Å². The number of carbonyl (C=O) groups is 1. The molecule has 0 unspecified atom stereocenters. The van der Waals surface area contributed by atoms with Gasteiger partial charge in [-0.2, -0.15) is 0 Å². The maximum Gasteiger partial charge on any atom is 0.238 e. The number of amides is 1. The Labute approximate surface area is 136 Å². The molecule has 0 bridgehead atoms. The Morgan fingerprint density at radius 2 is 1.83 bits per heavy atom. The van der Waals surface area contributed by atoms with Gasteiger partial charge in [0.1, 0.15) is 0 Å². The normalized spacial score (nSPS) is 19.1. The summed E-state index contributed by atoms with van der Waals surface area (Å²) in [5.41, 5.74) is 9.61. The fraction of sp³-hybridized carbons (Fsp3) is 0.316. The van der Waals surface area contributed by atoms with Gasteiger partial charge in [0, 0.05) is 5.69 Å². The lowest BCUT2D eigenvalue weighted by Gasteiger charge is -2.33. The first-order valence-corrected chi connectivity index (χ1v) is 8.17. The van der Waals surface area contributed by atoms with Crippen LogP contribution in [0.1, 0.15) is 24.0 Å². The van der Waals surface area contributed by atoms with Crippen molar-refractivity contribution in [3.8, 4) is 0 Å². The van der Waals surface area contributed by atoms with Crippen LogP contribution in [0.4, 0.5) is 11.4 Å². The summed E-state index contributed by atoms with van der Waals surface area (Å²) >= 11 is 0. The molecular formula is C19H21N3O. The van der Waals surface area contributed by atoms with Gasteiger partial charge in [0.25, 0.3) is 0 Å². The predicted molar refractivity (Wildman–Crippen MR) is 92.3 cm³/mol. The molecule has 4 heteroatoms. The van der Waals surface area contributed by atoms with E-state index < -0.39 is 0 Å². The highest BCUT2D eigenvalue weighted by atomic mass is 16.2. The summed E-state index contributed by atoms with van der Waals surface area (Å²) in [5, 5.41) is 3.37. The minimum absolute atomic E-state index is 0.225. The van der Waals surface area contributed by atoms with E-state index >= 15 is 0 Å². The van der Waals surface area contributed by atoms with Crippen LogP contribution < -0.4 is 16.0 Å². The summed E-state index contributed by atoms with van der Waals surface area (Å²) in [4.78, 5) is 15.2. The van der Waals surface area contributed by atoms with Crippen molar-refractivity contribution in [3.63, 3.8) is 0 Å². The summed E-state index contributed by atoms with van der Waals surface area (Å²) in [7, 11) is 0. The van der Waals surface area contributed by atoms with Gasteiger partial charge in [0.2, 0.25) is 5.91 Å². The van der Waals surface area contributed by atoms with Crippen molar-refractivity contribution in [2.75, 3.05) is 23.7 Å². The molecule has 3 N–H and O–H groups in total. The molecular weight excluding hydrogens is 286 g/mol. The third-order valence-corrected chi connectivity index (χ3v) is 5.12. The van der Waals surface area contributed by atoms with E-state index in [2.05, 4.69) is 23.5 Å². The molecule has 2 aromatic rings. The highest BCUT2D eigenvalue weighted by Gasteiger charge is 2.50. The lowest BCUT2D eigenvalue weighted by atomic mass is 9.74. The number of fused-ring (bicyclic) bond motifs is 2. The van der Waals surface area contributed by atoms with Crippen molar-refractivity contribution >= 4 is 17.3 Å². The van der Waals surface area contributed by atoms with Gasteiger partial charge in [0.05, 0.1) is 17.6 Å². The number of anilines is 2. The van der Waals surface area contributed by atoms with Gasteiger partial charge in [-0.3, -0.25) is 4.79 Å². The Balaban J connectivity index is 1.78. The number of rotatable bonds is 2. The molecule has 0 atom stereocenters. The zero-order valence-electron chi connectivity index (χ0n) is 13.1. The SMILES string of the molecule is Nc1ccc2c(c1)N(Cc1ccccc1)C(=O)C21CCNCC1. The minimum Gasteiger partial charge on any atom is -0.399 e. The first-order valence-electron chi connectivity index (χ1n) is 8.17. The largest absolute Gasteiger partial charge is 0.399 e. The number of hydrogen-bond donors (Lipinski definition) is 2. The van der Waals surface area contributed by atoms with Crippen molar-refractivity contribution in [3.05, 3.63) is 59.7 Å². The van der Waals surface area contributed by atoms with E-state index in [-0.39, 0.29) is 11.3 Å². The average Bonchev–Trinajstić information content (AvgIpc) is 2.79. The molecule has 2 aliphatic heterocycles. The fourth-order valence-corrected chi connectivity index (χ4v) is 3.92. The maximum atomic E-state index is 13.3. The molecule has 2 heterocycles. The number of benzene rings is 2. The third-order valence-electron chi connectivity index (χ3n) is 5.12. The lowest BCUT2D eigenvalue weighted by Crippen LogP contribution is -2.47. The quantitative estimate of drug-likeness (QED) is 0.838. The highest BCUT2D eigenvalue weighted by molar-refractivity contribution is 6.08. The Kier molecular flexibility index (Phi) is 3.34. The molecule has 1 saturated heterocycles. The van der Waals surface area contributed by atoms with Crippen molar-refractivity contribution in [1.29, 1.82) is 0 Å². The van der Waals surface area contributed by atoms with E-state index in [4.69, 9.17) is 5.73 Å². The molecule has 4 rings (SSSR count). The van der Waals surface area contributed by atoms with E-state index in [1.807, 2.05) is 35.2 Å². The minimum atomic E-state index is -0.372. The van der Waals surface area contributed by atoms with Gasteiger partial charge >= 0.3 is 0 Å². The van der Waals surface area contributed by atoms with Crippen LogP contribution in [0, 0.1) is 0 Å². The average molecular weight is 307 g/mol. The van der Waals surface area contributed by atoms with Crippen molar-refractivity contribution in [2.45, 2.75) is 24.8 Å². The monoisotopic (exact) mass is 307 g/mol. The smallest absolute Gasteiger partial charge is 0.238 e. The number of nitrogens with one attached hydrogen (secondary N) is 1. The number of nitrogen functional groups attached to an aromatic ring is 1. The molecule has 0 saturated carbocycles. The number of nitrogens with two attached hydrogens (primary N) is 1. The van der Waals surface area contributed by atoms with Gasteiger partial charge in [-0.05, 0) is 49.2 Å². The van der Waals surface area contributed by atoms with Crippen LogP contribution in [0.3, 0.4) is 0 Å². The van der Waals surface area contributed by atoms with Crippen LogP contribution in [0.2, 0.25) is 0 Å². The maximum absolute atomic E-state index is 13.3. The number of nitrogens with zero attached hydrogens (tertiary/aromatic N) is 1. The van der Waals surface area contributed by atoms with Gasteiger partial charge in [-0.25, -0.2) is 0 Å². The Morgan fingerprint density at radius 1 is 1.09 bits per heavy atom.